The number of halogens is 3. The van der Waals surface area contributed by atoms with Crippen LogP contribution in [0.3, 0.4) is 0 Å². The summed E-state index contributed by atoms with van der Waals surface area (Å²) in [6.07, 6.45) is -4.41. The van der Waals surface area contributed by atoms with E-state index in [1.165, 1.54) is 6.07 Å². The van der Waals surface area contributed by atoms with Gasteiger partial charge in [0.1, 0.15) is 12.4 Å². The molecule has 2 amide bonds. The van der Waals surface area contributed by atoms with E-state index < -0.39 is 11.7 Å². The molecule has 0 bridgehead atoms. The van der Waals surface area contributed by atoms with Crippen molar-refractivity contribution in [1.82, 2.24) is 20.2 Å². The average Bonchev–Trinajstić information content (AvgIpc) is 2.90. The van der Waals surface area contributed by atoms with Crippen LogP contribution in [0.5, 0.6) is 0 Å². The summed E-state index contributed by atoms with van der Waals surface area (Å²) >= 11 is 0. The van der Waals surface area contributed by atoms with Gasteiger partial charge in [-0.25, -0.2) is 9.78 Å². The maximum atomic E-state index is 12.8. The maximum Gasteiger partial charge on any atom is 0.416 e. The predicted molar refractivity (Wildman–Crippen MR) is 80.5 cm³/mol. The SMILES string of the molecule is CCNC(=O)NCC1COCc2nc3cc(C(F)(F)F)ccc3n21. The van der Waals surface area contributed by atoms with E-state index in [-0.39, 0.29) is 24.2 Å². The lowest BCUT2D eigenvalue weighted by atomic mass is 10.2. The lowest BCUT2D eigenvalue weighted by Gasteiger charge is -2.26. The Labute approximate surface area is 136 Å². The molecule has 2 aromatic rings. The molecule has 1 aliphatic rings. The van der Waals surface area contributed by atoms with Crippen molar-refractivity contribution < 1.29 is 22.7 Å². The van der Waals surface area contributed by atoms with Gasteiger partial charge in [-0.15, -0.1) is 0 Å². The van der Waals surface area contributed by atoms with Crippen molar-refractivity contribution in [3.05, 3.63) is 29.6 Å². The number of amides is 2. The van der Waals surface area contributed by atoms with E-state index in [0.717, 1.165) is 12.1 Å². The zero-order chi connectivity index (χ0) is 17.3. The Bertz CT molecular complexity index is 757. The van der Waals surface area contributed by atoms with Gasteiger partial charge in [0.2, 0.25) is 0 Å². The molecular weight excluding hydrogens is 325 g/mol. The number of alkyl halides is 3. The van der Waals surface area contributed by atoms with Crippen LogP contribution >= 0.6 is 0 Å². The molecule has 130 valence electrons. The minimum absolute atomic E-state index is 0.224. The Morgan fingerprint density at radius 1 is 1.42 bits per heavy atom. The van der Waals surface area contributed by atoms with Gasteiger partial charge < -0.3 is 19.9 Å². The summed E-state index contributed by atoms with van der Waals surface area (Å²) in [4.78, 5) is 15.8. The van der Waals surface area contributed by atoms with E-state index >= 15 is 0 Å². The first kappa shape index (κ1) is 16.6. The molecular formula is C15H17F3N4O2. The third kappa shape index (κ3) is 3.16. The average molecular weight is 342 g/mol. The molecule has 0 radical (unpaired) electrons. The van der Waals surface area contributed by atoms with Crippen LogP contribution in [0.4, 0.5) is 18.0 Å². The number of imidazole rings is 1. The van der Waals surface area contributed by atoms with Gasteiger partial charge in [-0.05, 0) is 25.1 Å². The van der Waals surface area contributed by atoms with Crippen molar-refractivity contribution in [2.45, 2.75) is 25.7 Å². The Hall–Kier alpha value is -2.29. The number of nitrogens with zero attached hydrogens (tertiary/aromatic N) is 2. The highest BCUT2D eigenvalue weighted by Crippen LogP contribution is 2.33. The first-order chi connectivity index (χ1) is 11.4. The van der Waals surface area contributed by atoms with Crippen LogP contribution in [-0.4, -0.2) is 35.3 Å². The summed E-state index contributed by atoms with van der Waals surface area (Å²) < 4.78 is 45.8. The molecule has 1 aromatic heterocycles. The molecule has 1 unspecified atom stereocenters. The second kappa shape index (κ2) is 6.31. The van der Waals surface area contributed by atoms with Gasteiger partial charge in [0.25, 0.3) is 0 Å². The van der Waals surface area contributed by atoms with Crippen molar-refractivity contribution in [2.24, 2.45) is 0 Å². The second-order valence-corrected chi connectivity index (χ2v) is 5.51. The molecule has 9 heteroatoms. The number of urea groups is 1. The Kier molecular flexibility index (Phi) is 4.35. The standard InChI is InChI=1S/C15H17F3N4O2/c1-2-19-14(23)20-6-10-7-24-8-13-21-11-5-9(15(16,17)18)3-4-12(11)22(10)13/h3-5,10H,2,6-8H2,1H3,(H2,19,20,23). The Morgan fingerprint density at radius 2 is 2.21 bits per heavy atom. The number of carbonyl (C=O) groups is 1. The van der Waals surface area contributed by atoms with Crippen LogP contribution in [-0.2, 0) is 17.5 Å². The van der Waals surface area contributed by atoms with E-state index in [1.807, 2.05) is 11.5 Å². The summed E-state index contributed by atoms with van der Waals surface area (Å²) in [6.45, 7) is 3.19. The third-order valence-electron chi connectivity index (χ3n) is 3.83. The zero-order valence-corrected chi connectivity index (χ0v) is 13.0. The third-order valence-corrected chi connectivity index (χ3v) is 3.83. The molecule has 2 heterocycles. The lowest BCUT2D eigenvalue weighted by Crippen LogP contribution is -2.40. The molecule has 0 spiro atoms. The van der Waals surface area contributed by atoms with Crippen molar-refractivity contribution in [3.63, 3.8) is 0 Å². The fraction of sp³-hybridized carbons (Fsp3) is 0.467. The summed E-state index contributed by atoms with van der Waals surface area (Å²) in [6, 6.07) is 2.97. The van der Waals surface area contributed by atoms with Gasteiger partial charge in [0, 0.05) is 13.1 Å². The van der Waals surface area contributed by atoms with Crippen molar-refractivity contribution in [3.8, 4) is 0 Å². The lowest BCUT2D eigenvalue weighted by molar-refractivity contribution is -0.137. The highest BCUT2D eigenvalue weighted by molar-refractivity contribution is 5.77. The molecule has 0 fully saturated rings. The van der Waals surface area contributed by atoms with Crippen LogP contribution < -0.4 is 10.6 Å². The van der Waals surface area contributed by atoms with Crippen molar-refractivity contribution in [2.75, 3.05) is 19.7 Å². The van der Waals surface area contributed by atoms with E-state index in [2.05, 4.69) is 15.6 Å². The van der Waals surface area contributed by atoms with E-state index in [0.29, 0.717) is 31.0 Å². The van der Waals surface area contributed by atoms with Gasteiger partial charge in [-0.3, -0.25) is 0 Å². The molecule has 24 heavy (non-hydrogen) atoms. The largest absolute Gasteiger partial charge is 0.416 e. The zero-order valence-electron chi connectivity index (χ0n) is 13.0. The summed E-state index contributed by atoms with van der Waals surface area (Å²) in [5, 5.41) is 5.35. The summed E-state index contributed by atoms with van der Waals surface area (Å²) in [7, 11) is 0. The van der Waals surface area contributed by atoms with Gasteiger partial charge in [0.15, 0.2) is 0 Å². The minimum atomic E-state index is -4.41. The number of rotatable bonds is 3. The van der Waals surface area contributed by atoms with Gasteiger partial charge in [-0.2, -0.15) is 13.2 Å². The highest BCUT2D eigenvalue weighted by atomic mass is 19.4. The first-order valence-corrected chi connectivity index (χ1v) is 7.57. The number of fused-ring (bicyclic) bond motifs is 3. The molecule has 1 aliphatic heterocycles. The topological polar surface area (TPSA) is 68.2 Å². The van der Waals surface area contributed by atoms with Crippen LogP contribution in [0.2, 0.25) is 0 Å². The number of hydrogen-bond donors (Lipinski definition) is 2. The first-order valence-electron chi connectivity index (χ1n) is 7.57. The van der Waals surface area contributed by atoms with Crippen molar-refractivity contribution >= 4 is 17.1 Å². The number of carbonyl (C=O) groups excluding carboxylic acids is 1. The smallest absolute Gasteiger partial charge is 0.371 e. The maximum absolute atomic E-state index is 12.8. The number of nitrogens with one attached hydrogen (secondary N) is 2. The summed E-state index contributed by atoms with van der Waals surface area (Å²) in [5.41, 5.74) is 0.140. The fourth-order valence-electron chi connectivity index (χ4n) is 2.78. The minimum Gasteiger partial charge on any atom is -0.371 e. The number of hydrogen-bond acceptors (Lipinski definition) is 3. The number of benzene rings is 1. The van der Waals surface area contributed by atoms with Crippen LogP contribution in [0.15, 0.2) is 18.2 Å². The van der Waals surface area contributed by atoms with Crippen molar-refractivity contribution in [1.29, 1.82) is 0 Å². The molecule has 6 nitrogen and oxygen atoms in total. The number of ether oxygens (including phenoxy) is 1. The van der Waals surface area contributed by atoms with Crippen LogP contribution in [0, 0.1) is 0 Å². The monoisotopic (exact) mass is 342 g/mol. The van der Waals surface area contributed by atoms with Gasteiger partial charge in [-0.1, -0.05) is 0 Å². The molecule has 3 rings (SSSR count). The number of aromatic nitrogens is 2. The normalized spacial score (nSPS) is 17.6. The Morgan fingerprint density at radius 3 is 2.92 bits per heavy atom. The fourth-order valence-corrected chi connectivity index (χ4v) is 2.78. The highest BCUT2D eigenvalue weighted by Gasteiger charge is 2.32. The summed E-state index contributed by atoms with van der Waals surface area (Å²) in [5.74, 6) is 0.554. The van der Waals surface area contributed by atoms with Gasteiger partial charge >= 0.3 is 12.2 Å². The molecule has 1 atom stereocenters. The molecule has 1 aromatic carbocycles. The molecule has 0 saturated carbocycles. The van der Waals surface area contributed by atoms with Crippen LogP contribution in [0.1, 0.15) is 24.4 Å². The van der Waals surface area contributed by atoms with Crippen LogP contribution in [0.25, 0.3) is 11.0 Å². The molecule has 0 aliphatic carbocycles. The second-order valence-electron chi connectivity index (χ2n) is 5.51. The quantitative estimate of drug-likeness (QED) is 0.900. The predicted octanol–water partition coefficient (Wildman–Crippen LogP) is 2.45. The van der Waals surface area contributed by atoms with E-state index in [9.17, 15) is 18.0 Å². The molecule has 0 saturated heterocycles. The Balaban J connectivity index is 1.90. The van der Waals surface area contributed by atoms with Gasteiger partial charge in [0.05, 0.1) is 29.2 Å². The van der Waals surface area contributed by atoms with E-state index in [1.54, 1.807) is 0 Å². The molecule has 2 N–H and O–H groups in total. The van der Waals surface area contributed by atoms with E-state index in [4.69, 9.17) is 4.74 Å².